The predicted octanol–water partition coefficient (Wildman–Crippen LogP) is 1.82. The Morgan fingerprint density at radius 1 is 1.41 bits per heavy atom. The van der Waals surface area contributed by atoms with Crippen LogP contribution in [0.2, 0.25) is 0 Å². The van der Waals surface area contributed by atoms with Gasteiger partial charge in [-0.15, -0.1) is 0 Å². The number of hydrogen-bond acceptors (Lipinski definition) is 2. The summed E-state index contributed by atoms with van der Waals surface area (Å²) >= 11 is 0. The zero-order valence-corrected chi connectivity index (χ0v) is 10.2. The van der Waals surface area contributed by atoms with Crippen molar-refractivity contribution in [3.63, 3.8) is 0 Å². The van der Waals surface area contributed by atoms with Gasteiger partial charge in [0, 0.05) is 6.54 Å². The third kappa shape index (κ3) is 4.15. The van der Waals surface area contributed by atoms with Crippen molar-refractivity contribution in [2.45, 2.75) is 32.9 Å². The molecule has 2 atom stereocenters. The minimum Gasteiger partial charge on any atom is -0.351 e. The van der Waals surface area contributed by atoms with Crippen LogP contribution in [0.25, 0.3) is 0 Å². The number of amides is 1. The Labute approximate surface area is 101 Å². The Bertz CT molecular complexity index is 364. The summed E-state index contributed by atoms with van der Waals surface area (Å²) in [5.74, 6) is -0.289. The summed E-state index contributed by atoms with van der Waals surface area (Å²) in [4.78, 5) is 11.7. The molecule has 4 heteroatoms. The minimum absolute atomic E-state index is 0.156. The Balaban J connectivity index is 2.45. The van der Waals surface area contributed by atoms with E-state index in [0.29, 0.717) is 6.54 Å². The molecule has 17 heavy (non-hydrogen) atoms. The van der Waals surface area contributed by atoms with E-state index in [1.165, 1.54) is 12.1 Å². The van der Waals surface area contributed by atoms with E-state index in [1.807, 2.05) is 13.8 Å². The first-order chi connectivity index (χ1) is 8.04. The highest BCUT2D eigenvalue weighted by atomic mass is 19.1. The number of carbonyl (C=O) groups excluding carboxylic acids is 1. The van der Waals surface area contributed by atoms with E-state index in [1.54, 1.807) is 12.1 Å². The summed E-state index contributed by atoms with van der Waals surface area (Å²) in [6.45, 7) is 4.32. The van der Waals surface area contributed by atoms with Gasteiger partial charge in [0.05, 0.1) is 6.04 Å². The maximum Gasteiger partial charge on any atom is 0.237 e. The molecule has 0 fully saturated rings. The third-order valence-corrected chi connectivity index (χ3v) is 2.94. The lowest BCUT2D eigenvalue weighted by molar-refractivity contribution is -0.123. The van der Waals surface area contributed by atoms with Gasteiger partial charge in [-0.3, -0.25) is 4.79 Å². The van der Waals surface area contributed by atoms with Gasteiger partial charge in [0.1, 0.15) is 5.82 Å². The highest BCUT2D eigenvalue weighted by Gasteiger charge is 2.18. The summed E-state index contributed by atoms with van der Waals surface area (Å²) in [6.07, 6.45) is 0.866. The quantitative estimate of drug-likeness (QED) is 0.822. The molecule has 94 valence electrons. The molecule has 1 amide bonds. The number of nitrogens with two attached hydrogens (primary N) is 1. The highest BCUT2D eigenvalue weighted by molar-refractivity contribution is 5.81. The monoisotopic (exact) mass is 238 g/mol. The van der Waals surface area contributed by atoms with E-state index in [9.17, 15) is 9.18 Å². The molecule has 0 saturated heterocycles. The second kappa shape index (κ2) is 6.35. The number of halogens is 1. The average Bonchev–Trinajstić information content (AvgIpc) is 2.35. The summed E-state index contributed by atoms with van der Waals surface area (Å²) in [5, 5.41) is 2.75. The van der Waals surface area contributed by atoms with Crippen molar-refractivity contribution < 1.29 is 9.18 Å². The first kappa shape index (κ1) is 13.6. The van der Waals surface area contributed by atoms with Gasteiger partial charge in [-0.25, -0.2) is 4.39 Å². The fraction of sp³-hybridized carbons (Fsp3) is 0.462. The van der Waals surface area contributed by atoms with Crippen molar-refractivity contribution in [3.8, 4) is 0 Å². The number of carbonyl (C=O) groups is 1. The van der Waals surface area contributed by atoms with Gasteiger partial charge < -0.3 is 11.1 Å². The van der Waals surface area contributed by atoms with E-state index in [4.69, 9.17) is 5.73 Å². The molecule has 0 saturated carbocycles. The zero-order valence-electron chi connectivity index (χ0n) is 10.2. The normalized spacial score (nSPS) is 14.1. The van der Waals surface area contributed by atoms with Gasteiger partial charge in [0.25, 0.3) is 0 Å². The molecular formula is C13H19FN2O. The van der Waals surface area contributed by atoms with Crippen molar-refractivity contribution in [1.29, 1.82) is 0 Å². The van der Waals surface area contributed by atoms with Crippen LogP contribution in [-0.2, 0) is 11.3 Å². The topological polar surface area (TPSA) is 55.1 Å². The van der Waals surface area contributed by atoms with Crippen LogP contribution >= 0.6 is 0 Å². The number of hydrogen-bond donors (Lipinski definition) is 2. The van der Waals surface area contributed by atoms with Gasteiger partial charge in [-0.1, -0.05) is 32.4 Å². The van der Waals surface area contributed by atoms with Crippen molar-refractivity contribution in [2.24, 2.45) is 11.7 Å². The van der Waals surface area contributed by atoms with Crippen molar-refractivity contribution >= 4 is 5.91 Å². The molecule has 1 rings (SSSR count). The number of benzene rings is 1. The largest absolute Gasteiger partial charge is 0.351 e. The van der Waals surface area contributed by atoms with Gasteiger partial charge in [0.15, 0.2) is 0 Å². The molecule has 1 aromatic rings. The van der Waals surface area contributed by atoms with Gasteiger partial charge in [-0.2, -0.15) is 0 Å². The molecule has 0 spiro atoms. The molecule has 0 bridgehead atoms. The maximum atomic E-state index is 12.7. The number of nitrogens with one attached hydrogen (secondary N) is 1. The van der Waals surface area contributed by atoms with Crippen LogP contribution in [0.4, 0.5) is 4.39 Å². The Kier molecular flexibility index (Phi) is 5.10. The Morgan fingerprint density at radius 2 is 2.00 bits per heavy atom. The fourth-order valence-corrected chi connectivity index (χ4v) is 1.42. The van der Waals surface area contributed by atoms with Crippen LogP contribution in [0.3, 0.4) is 0 Å². The standard InChI is InChI=1S/C13H19FN2O/c1-3-9(2)12(15)13(17)16-8-10-4-6-11(14)7-5-10/h4-7,9,12H,3,8,15H2,1-2H3,(H,16,17)/t9-,12?/m0/s1. The molecule has 0 aliphatic heterocycles. The predicted molar refractivity (Wildman–Crippen MR) is 65.7 cm³/mol. The van der Waals surface area contributed by atoms with Gasteiger partial charge in [-0.05, 0) is 23.6 Å². The van der Waals surface area contributed by atoms with Gasteiger partial charge in [0.2, 0.25) is 5.91 Å². The zero-order chi connectivity index (χ0) is 12.8. The van der Waals surface area contributed by atoms with Crippen LogP contribution in [0, 0.1) is 11.7 Å². The van der Waals surface area contributed by atoms with E-state index in [0.717, 1.165) is 12.0 Å². The van der Waals surface area contributed by atoms with Crippen LogP contribution in [-0.4, -0.2) is 11.9 Å². The molecule has 0 radical (unpaired) electrons. The molecular weight excluding hydrogens is 219 g/mol. The van der Waals surface area contributed by atoms with Gasteiger partial charge >= 0.3 is 0 Å². The minimum atomic E-state index is -0.486. The number of rotatable bonds is 5. The SMILES string of the molecule is CC[C@H](C)C(N)C(=O)NCc1ccc(F)cc1. The molecule has 1 aromatic carbocycles. The Hall–Kier alpha value is -1.42. The fourth-order valence-electron chi connectivity index (χ4n) is 1.42. The van der Waals surface area contributed by atoms with E-state index < -0.39 is 6.04 Å². The maximum absolute atomic E-state index is 12.7. The lowest BCUT2D eigenvalue weighted by atomic mass is 9.99. The van der Waals surface area contributed by atoms with E-state index in [2.05, 4.69) is 5.32 Å². The second-order valence-corrected chi connectivity index (χ2v) is 4.26. The van der Waals surface area contributed by atoms with Crippen LogP contribution < -0.4 is 11.1 Å². The molecule has 3 nitrogen and oxygen atoms in total. The summed E-state index contributed by atoms with van der Waals surface area (Å²) < 4.78 is 12.7. The summed E-state index contributed by atoms with van der Waals surface area (Å²) in [6, 6.07) is 5.54. The van der Waals surface area contributed by atoms with Crippen molar-refractivity contribution in [1.82, 2.24) is 5.32 Å². The summed E-state index contributed by atoms with van der Waals surface area (Å²) in [7, 11) is 0. The summed E-state index contributed by atoms with van der Waals surface area (Å²) in [5.41, 5.74) is 6.64. The first-order valence-electron chi connectivity index (χ1n) is 5.82. The highest BCUT2D eigenvalue weighted by Crippen LogP contribution is 2.06. The second-order valence-electron chi connectivity index (χ2n) is 4.26. The van der Waals surface area contributed by atoms with Crippen LogP contribution in [0.15, 0.2) is 24.3 Å². The van der Waals surface area contributed by atoms with Crippen LogP contribution in [0.5, 0.6) is 0 Å². The van der Waals surface area contributed by atoms with Crippen molar-refractivity contribution in [3.05, 3.63) is 35.6 Å². The molecule has 0 aliphatic rings. The Morgan fingerprint density at radius 3 is 2.53 bits per heavy atom. The molecule has 0 aromatic heterocycles. The molecule has 0 heterocycles. The molecule has 0 aliphatic carbocycles. The lowest BCUT2D eigenvalue weighted by Gasteiger charge is -2.17. The first-order valence-corrected chi connectivity index (χ1v) is 5.82. The third-order valence-electron chi connectivity index (χ3n) is 2.94. The molecule has 3 N–H and O–H groups in total. The van der Waals surface area contributed by atoms with Crippen LogP contribution in [0.1, 0.15) is 25.8 Å². The van der Waals surface area contributed by atoms with E-state index in [-0.39, 0.29) is 17.6 Å². The van der Waals surface area contributed by atoms with E-state index >= 15 is 0 Å². The smallest absolute Gasteiger partial charge is 0.237 e. The lowest BCUT2D eigenvalue weighted by Crippen LogP contribution is -2.44. The average molecular weight is 238 g/mol. The molecule has 1 unspecified atom stereocenters. The van der Waals surface area contributed by atoms with Crippen molar-refractivity contribution in [2.75, 3.05) is 0 Å².